The summed E-state index contributed by atoms with van der Waals surface area (Å²) < 4.78 is 2.59. The zero-order valence-corrected chi connectivity index (χ0v) is 11.6. The lowest BCUT2D eigenvalue weighted by atomic mass is 10.3. The molecule has 0 bridgehead atoms. The van der Waals surface area contributed by atoms with Gasteiger partial charge in [0, 0.05) is 23.4 Å². The molecule has 68 valence electrons. The van der Waals surface area contributed by atoms with Gasteiger partial charge >= 0.3 is 0 Å². The smallest absolute Gasteiger partial charge is 0.0490 e. The van der Waals surface area contributed by atoms with Gasteiger partial charge in [-0.2, -0.15) is 0 Å². The Morgan fingerprint density at radius 2 is 2.31 bits per heavy atom. The maximum atomic E-state index is 4.51. The number of fused-ring (bicyclic) bond motifs is 1. The van der Waals surface area contributed by atoms with E-state index in [2.05, 4.69) is 59.0 Å². The van der Waals surface area contributed by atoms with Crippen molar-refractivity contribution in [2.75, 3.05) is 6.26 Å². The second-order valence-corrected chi connectivity index (χ2v) is 5.95. The third-order valence-electron chi connectivity index (χ3n) is 1.85. The van der Waals surface area contributed by atoms with Gasteiger partial charge in [0.2, 0.25) is 0 Å². The molecule has 4 heteroatoms. The molecule has 0 N–H and O–H groups in total. The van der Waals surface area contributed by atoms with E-state index in [4.69, 9.17) is 0 Å². The van der Waals surface area contributed by atoms with E-state index in [-0.39, 0.29) is 0 Å². The highest BCUT2D eigenvalue weighted by atomic mass is 127. The highest BCUT2D eigenvalue weighted by Crippen LogP contribution is 2.37. The molecule has 1 aromatic carbocycles. The lowest BCUT2D eigenvalue weighted by Crippen LogP contribution is -1.79. The summed E-state index contributed by atoms with van der Waals surface area (Å²) in [6, 6.07) is 4.34. The summed E-state index contributed by atoms with van der Waals surface area (Å²) in [7, 11) is 0. The lowest BCUT2D eigenvalue weighted by Gasteiger charge is -2.03. The monoisotopic (exact) mass is 338 g/mol. The number of hydrogen-bond acceptors (Lipinski definition) is 3. The summed E-state index contributed by atoms with van der Waals surface area (Å²) in [5, 5.41) is 3.41. The number of thiol groups is 1. The number of hydrogen-bond donors (Lipinski definition) is 1. The molecule has 0 nitrogen and oxygen atoms in total. The van der Waals surface area contributed by atoms with Gasteiger partial charge in [0.05, 0.1) is 0 Å². The molecular weight excluding hydrogens is 331 g/mol. The Labute approximate surface area is 105 Å². The lowest BCUT2D eigenvalue weighted by molar-refractivity contribution is 1.42. The Hall–Kier alpha value is 0.610. The average Bonchev–Trinajstić information content (AvgIpc) is 2.60. The molecule has 0 aliphatic carbocycles. The van der Waals surface area contributed by atoms with E-state index in [0.717, 1.165) is 4.90 Å². The van der Waals surface area contributed by atoms with Gasteiger partial charge in [0.15, 0.2) is 0 Å². The molecule has 0 aliphatic heterocycles. The predicted octanol–water partition coefficient (Wildman–Crippen LogP) is 4.52. The van der Waals surface area contributed by atoms with Crippen LogP contribution >= 0.6 is 58.3 Å². The van der Waals surface area contributed by atoms with Crippen LogP contribution in [0.1, 0.15) is 0 Å². The largest absolute Gasteiger partial charge is 0.143 e. The molecule has 2 aromatic rings. The number of halogens is 1. The van der Waals surface area contributed by atoms with E-state index in [9.17, 15) is 0 Å². The predicted molar refractivity (Wildman–Crippen MR) is 73.6 cm³/mol. The summed E-state index contributed by atoms with van der Waals surface area (Å²) in [6.45, 7) is 0. The van der Waals surface area contributed by atoms with E-state index in [1.807, 2.05) is 0 Å². The molecule has 0 saturated heterocycles. The Morgan fingerprint density at radius 1 is 1.54 bits per heavy atom. The van der Waals surface area contributed by atoms with Crippen LogP contribution < -0.4 is 0 Å². The van der Waals surface area contributed by atoms with Crippen LogP contribution in [0, 0.1) is 3.57 Å². The Morgan fingerprint density at radius 3 is 3.00 bits per heavy atom. The minimum absolute atomic E-state index is 1.11. The third-order valence-corrected chi connectivity index (χ3v) is 5.45. The van der Waals surface area contributed by atoms with Gasteiger partial charge in [-0.1, -0.05) is 0 Å². The second kappa shape index (κ2) is 4.00. The van der Waals surface area contributed by atoms with Crippen LogP contribution in [0.4, 0.5) is 0 Å². The molecular formula is C9H7IS3. The van der Waals surface area contributed by atoms with Gasteiger partial charge in [-0.15, -0.1) is 35.7 Å². The molecule has 0 radical (unpaired) electrons. The number of thioether (sulfide) groups is 1. The van der Waals surface area contributed by atoms with Crippen molar-refractivity contribution in [3.8, 4) is 0 Å². The maximum absolute atomic E-state index is 4.51. The SMILES string of the molecule is CSc1cc(I)c(S)c2ccsc12. The highest BCUT2D eigenvalue weighted by Gasteiger charge is 2.08. The topological polar surface area (TPSA) is 0 Å². The van der Waals surface area contributed by atoms with Crippen molar-refractivity contribution in [2.45, 2.75) is 9.79 Å². The summed E-state index contributed by atoms with van der Waals surface area (Å²) in [6.07, 6.45) is 2.11. The first-order chi connectivity index (χ1) is 6.24. The van der Waals surface area contributed by atoms with Gasteiger partial charge < -0.3 is 0 Å². The van der Waals surface area contributed by atoms with Crippen molar-refractivity contribution >= 4 is 68.4 Å². The van der Waals surface area contributed by atoms with Gasteiger partial charge in [-0.25, -0.2) is 0 Å². The van der Waals surface area contributed by atoms with Gasteiger partial charge in [-0.3, -0.25) is 0 Å². The zero-order valence-electron chi connectivity index (χ0n) is 6.87. The molecule has 0 unspecified atom stereocenters. The normalized spacial score (nSPS) is 11.0. The Balaban J connectivity index is 2.87. The van der Waals surface area contributed by atoms with E-state index < -0.39 is 0 Å². The quantitative estimate of drug-likeness (QED) is 0.453. The Bertz CT molecular complexity index is 447. The summed E-state index contributed by atoms with van der Waals surface area (Å²) >= 11 is 10.4. The molecule has 13 heavy (non-hydrogen) atoms. The maximum Gasteiger partial charge on any atom is 0.0490 e. The first-order valence-electron chi connectivity index (χ1n) is 3.66. The number of benzene rings is 1. The molecule has 0 atom stereocenters. The molecule has 0 fully saturated rings. The zero-order chi connectivity index (χ0) is 9.42. The van der Waals surface area contributed by atoms with Crippen molar-refractivity contribution in [1.29, 1.82) is 0 Å². The van der Waals surface area contributed by atoms with Crippen molar-refractivity contribution < 1.29 is 0 Å². The molecule has 0 saturated carbocycles. The van der Waals surface area contributed by atoms with Crippen molar-refractivity contribution in [3.63, 3.8) is 0 Å². The molecule has 2 rings (SSSR count). The van der Waals surface area contributed by atoms with Crippen molar-refractivity contribution in [2.24, 2.45) is 0 Å². The van der Waals surface area contributed by atoms with E-state index in [0.29, 0.717) is 0 Å². The average molecular weight is 338 g/mol. The van der Waals surface area contributed by atoms with Crippen LogP contribution in [0.15, 0.2) is 27.3 Å². The Kier molecular flexibility index (Phi) is 3.12. The number of rotatable bonds is 1. The van der Waals surface area contributed by atoms with E-state index >= 15 is 0 Å². The van der Waals surface area contributed by atoms with Gasteiger partial charge in [0.25, 0.3) is 0 Å². The van der Waals surface area contributed by atoms with Gasteiger partial charge in [0.1, 0.15) is 0 Å². The van der Waals surface area contributed by atoms with Gasteiger partial charge in [-0.05, 0) is 46.4 Å². The van der Waals surface area contributed by atoms with E-state index in [1.165, 1.54) is 18.6 Å². The molecule has 0 amide bonds. The molecule has 1 aromatic heterocycles. The van der Waals surface area contributed by atoms with Crippen LogP contribution in [-0.4, -0.2) is 6.26 Å². The standard InChI is InChI=1S/C9H7IS3/c1-12-7-4-6(10)8(11)5-2-3-13-9(5)7/h2-4,11H,1H3. The van der Waals surface area contributed by atoms with Crippen molar-refractivity contribution in [3.05, 3.63) is 21.1 Å². The van der Waals surface area contributed by atoms with E-state index in [1.54, 1.807) is 23.1 Å². The fourth-order valence-corrected chi connectivity index (χ4v) is 4.09. The van der Waals surface area contributed by atoms with Crippen molar-refractivity contribution in [1.82, 2.24) is 0 Å². The minimum atomic E-state index is 1.11. The molecule has 0 aliphatic rings. The van der Waals surface area contributed by atoms with Crippen LogP contribution in [-0.2, 0) is 0 Å². The first kappa shape index (κ1) is 10.1. The first-order valence-corrected chi connectivity index (χ1v) is 7.29. The summed E-state index contributed by atoms with van der Waals surface area (Å²) in [5.41, 5.74) is 0. The number of thiophene rings is 1. The fourth-order valence-electron chi connectivity index (χ4n) is 1.22. The fraction of sp³-hybridized carbons (Fsp3) is 0.111. The molecule has 1 heterocycles. The van der Waals surface area contributed by atoms with Crippen LogP contribution in [0.2, 0.25) is 0 Å². The minimum Gasteiger partial charge on any atom is -0.143 e. The van der Waals surface area contributed by atoms with Crippen LogP contribution in [0.3, 0.4) is 0 Å². The van der Waals surface area contributed by atoms with Crippen LogP contribution in [0.5, 0.6) is 0 Å². The third kappa shape index (κ3) is 1.73. The second-order valence-electron chi connectivity index (χ2n) is 2.57. The summed E-state index contributed by atoms with van der Waals surface area (Å²) in [4.78, 5) is 2.46. The molecule has 0 spiro atoms. The highest BCUT2D eigenvalue weighted by molar-refractivity contribution is 14.1. The summed E-state index contributed by atoms with van der Waals surface area (Å²) in [5.74, 6) is 0. The van der Waals surface area contributed by atoms with Crippen LogP contribution in [0.25, 0.3) is 10.1 Å².